The van der Waals surface area contributed by atoms with Crippen molar-refractivity contribution >= 4 is 0 Å². The zero-order valence-corrected chi connectivity index (χ0v) is 5.23. The van der Waals surface area contributed by atoms with Gasteiger partial charge in [0.1, 0.15) is 0 Å². The van der Waals surface area contributed by atoms with Crippen LogP contribution < -0.4 is 0 Å². The molecule has 1 rings (SSSR count). The molecule has 1 unspecified atom stereocenters. The van der Waals surface area contributed by atoms with E-state index in [1.54, 1.807) is 0 Å². The standard InChI is InChI=1S/C6H12FN/c1-2-6-3-4-8(7)5-6/h6H,2-5H2,1H3. The second-order valence-electron chi connectivity index (χ2n) is 2.43. The summed E-state index contributed by atoms with van der Waals surface area (Å²) in [5, 5.41) is 0.911. The van der Waals surface area contributed by atoms with Gasteiger partial charge in [-0.05, 0) is 12.3 Å². The summed E-state index contributed by atoms with van der Waals surface area (Å²) in [6.07, 6.45) is 2.17. The summed E-state index contributed by atoms with van der Waals surface area (Å²) < 4.78 is 12.2. The van der Waals surface area contributed by atoms with Crippen LogP contribution >= 0.6 is 0 Å². The first-order valence-electron chi connectivity index (χ1n) is 3.23. The third-order valence-corrected chi connectivity index (χ3v) is 1.81. The van der Waals surface area contributed by atoms with Crippen LogP contribution in [0.4, 0.5) is 4.48 Å². The van der Waals surface area contributed by atoms with Crippen LogP contribution in [-0.4, -0.2) is 18.2 Å². The molecule has 48 valence electrons. The van der Waals surface area contributed by atoms with Gasteiger partial charge in [0.15, 0.2) is 0 Å². The Balaban J connectivity index is 2.22. The van der Waals surface area contributed by atoms with Crippen LogP contribution in [0.3, 0.4) is 0 Å². The molecular formula is C6H12FN. The molecule has 0 aromatic rings. The molecular weight excluding hydrogens is 105 g/mol. The van der Waals surface area contributed by atoms with Gasteiger partial charge in [0, 0.05) is 13.1 Å². The maximum absolute atomic E-state index is 12.2. The van der Waals surface area contributed by atoms with Gasteiger partial charge >= 0.3 is 0 Å². The van der Waals surface area contributed by atoms with Crippen LogP contribution in [0.2, 0.25) is 0 Å². The van der Waals surface area contributed by atoms with Gasteiger partial charge in [0.2, 0.25) is 0 Å². The zero-order chi connectivity index (χ0) is 5.98. The molecule has 0 spiro atoms. The lowest BCUT2D eigenvalue weighted by molar-refractivity contribution is 0.0520. The molecule has 0 amide bonds. The summed E-state index contributed by atoms with van der Waals surface area (Å²) in [6, 6.07) is 0. The second-order valence-corrected chi connectivity index (χ2v) is 2.43. The van der Waals surface area contributed by atoms with Crippen LogP contribution in [0.25, 0.3) is 0 Å². The molecule has 0 radical (unpaired) electrons. The molecule has 1 nitrogen and oxygen atoms in total. The molecule has 1 aliphatic rings. The van der Waals surface area contributed by atoms with Gasteiger partial charge in [0.05, 0.1) is 0 Å². The van der Waals surface area contributed by atoms with E-state index < -0.39 is 0 Å². The lowest BCUT2D eigenvalue weighted by atomic mass is 10.1. The van der Waals surface area contributed by atoms with Crippen LogP contribution in [0.5, 0.6) is 0 Å². The Kier molecular flexibility index (Phi) is 1.84. The zero-order valence-electron chi connectivity index (χ0n) is 5.23. The van der Waals surface area contributed by atoms with E-state index in [4.69, 9.17) is 0 Å². The Hall–Kier alpha value is -0.110. The van der Waals surface area contributed by atoms with E-state index in [2.05, 4.69) is 6.92 Å². The normalized spacial score (nSPS) is 31.5. The maximum atomic E-state index is 12.2. The minimum atomic E-state index is 0.625. The van der Waals surface area contributed by atoms with E-state index in [0.29, 0.717) is 19.0 Å². The first-order chi connectivity index (χ1) is 3.83. The summed E-state index contributed by atoms with van der Waals surface area (Å²) >= 11 is 0. The van der Waals surface area contributed by atoms with Crippen molar-refractivity contribution in [3.8, 4) is 0 Å². The van der Waals surface area contributed by atoms with Gasteiger partial charge in [-0.25, -0.2) is 0 Å². The van der Waals surface area contributed by atoms with Gasteiger partial charge in [-0.2, -0.15) is 0 Å². The van der Waals surface area contributed by atoms with E-state index in [-0.39, 0.29) is 0 Å². The minimum Gasteiger partial charge on any atom is -0.146 e. The van der Waals surface area contributed by atoms with Gasteiger partial charge in [0.25, 0.3) is 0 Å². The molecule has 1 fully saturated rings. The third-order valence-electron chi connectivity index (χ3n) is 1.81. The van der Waals surface area contributed by atoms with Crippen LogP contribution in [0, 0.1) is 5.92 Å². The number of rotatable bonds is 1. The lowest BCUT2D eigenvalue weighted by Crippen LogP contribution is -2.08. The van der Waals surface area contributed by atoms with Crippen molar-refractivity contribution in [3.63, 3.8) is 0 Å². The fourth-order valence-corrected chi connectivity index (χ4v) is 1.12. The van der Waals surface area contributed by atoms with E-state index >= 15 is 0 Å². The molecule has 1 heterocycles. The number of hydrogen-bond donors (Lipinski definition) is 0. The first kappa shape index (κ1) is 6.02. The fourth-order valence-electron chi connectivity index (χ4n) is 1.12. The molecule has 1 saturated heterocycles. The molecule has 0 N–H and O–H groups in total. The summed E-state index contributed by atoms with van der Waals surface area (Å²) in [4.78, 5) is 0. The Morgan fingerprint density at radius 3 is 2.75 bits per heavy atom. The second kappa shape index (κ2) is 2.44. The molecule has 1 aliphatic heterocycles. The van der Waals surface area contributed by atoms with Crippen LogP contribution in [-0.2, 0) is 0 Å². The van der Waals surface area contributed by atoms with Crippen molar-refractivity contribution < 1.29 is 4.48 Å². The van der Waals surface area contributed by atoms with Gasteiger partial charge < -0.3 is 0 Å². The van der Waals surface area contributed by atoms with E-state index in [9.17, 15) is 4.48 Å². The topological polar surface area (TPSA) is 3.24 Å². The monoisotopic (exact) mass is 117 g/mol. The largest absolute Gasteiger partial charge is 0.146 e. The minimum absolute atomic E-state index is 0.625. The highest BCUT2D eigenvalue weighted by Gasteiger charge is 2.19. The highest BCUT2D eigenvalue weighted by molar-refractivity contribution is 4.67. The molecule has 0 aromatic heterocycles. The van der Waals surface area contributed by atoms with Gasteiger partial charge in [-0.15, -0.1) is 9.60 Å². The molecule has 0 bridgehead atoms. The molecule has 0 aromatic carbocycles. The summed E-state index contributed by atoms with van der Waals surface area (Å²) in [6.45, 7) is 3.43. The predicted octanol–water partition coefficient (Wildman–Crippen LogP) is 1.60. The number of hydrogen-bond acceptors (Lipinski definition) is 1. The Morgan fingerprint density at radius 2 is 2.50 bits per heavy atom. The average molecular weight is 117 g/mol. The molecule has 0 saturated carbocycles. The molecule has 1 atom stereocenters. The smallest absolute Gasteiger partial charge is 0.0319 e. The van der Waals surface area contributed by atoms with Crippen molar-refractivity contribution in [1.29, 1.82) is 0 Å². The number of nitrogens with zero attached hydrogens (tertiary/aromatic N) is 1. The molecule has 8 heavy (non-hydrogen) atoms. The first-order valence-corrected chi connectivity index (χ1v) is 3.23. The molecule has 2 heteroatoms. The lowest BCUT2D eigenvalue weighted by Gasteiger charge is -2.01. The fraction of sp³-hybridized carbons (Fsp3) is 1.00. The van der Waals surface area contributed by atoms with Crippen LogP contribution in [0.1, 0.15) is 19.8 Å². The SMILES string of the molecule is CCC1CCN(F)C1. The quantitative estimate of drug-likeness (QED) is 0.471. The summed E-state index contributed by atoms with van der Waals surface area (Å²) in [5.74, 6) is 0.625. The van der Waals surface area contributed by atoms with Crippen molar-refractivity contribution in [1.82, 2.24) is 5.12 Å². The summed E-state index contributed by atoms with van der Waals surface area (Å²) in [5.41, 5.74) is 0. The van der Waals surface area contributed by atoms with Crippen molar-refractivity contribution in [3.05, 3.63) is 0 Å². The van der Waals surface area contributed by atoms with Crippen molar-refractivity contribution in [2.24, 2.45) is 5.92 Å². The third kappa shape index (κ3) is 1.19. The van der Waals surface area contributed by atoms with Crippen LogP contribution in [0.15, 0.2) is 0 Å². The van der Waals surface area contributed by atoms with Crippen molar-refractivity contribution in [2.75, 3.05) is 13.1 Å². The van der Waals surface area contributed by atoms with E-state index in [0.717, 1.165) is 18.0 Å². The van der Waals surface area contributed by atoms with Gasteiger partial charge in [-0.1, -0.05) is 13.3 Å². The Labute approximate surface area is 49.4 Å². The summed E-state index contributed by atoms with van der Waals surface area (Å²) in [7, 11) is 0. The highest BCUT2D eigenvalue weighted by atomic mass is 19.2. The Morgan fingerprint density at radius 1 is 1.75 bits per heavy atom. The molecule has 0 aliphatic carbocycles. The average Bonchev–Trinajstić information content (AvgIpc) is 2.14. The van der Waals surface area contributed by atoms with E-state index in [1.807, 2.05) is 0 Å². The number of halogens is 1. The van der Waals surface area contributed by atoms with E-state index in [1.165, 1.54) is 0 Å². The van der Waals surface area contributed by atoms with Crippen molar-refractivity contribution in [2.45, 2.75) is 19.8 Å². The highest BCUT2D eigenvalue weighted by Crippen LogP contribution is 2.18. The predicted molar refractivity (Wildman–Crippen MR) is 31.1 cm³/mol. The van der Waals surface area contributed by atoms with Gasteiger partial charge in [-0.3, -0.25) is 0 Å². The Bertz CT molecular complexity index is 74.9. The maximum Gasteiger partial charge on any atom is 0.0319 e.